The Labute approximate surface area is 121 Å². The minimum absolute atomic E-state index is 0.630. The third-order valence-electron chi connectivity index (χ3n) is 3.31. The number of nitrogens with zero attached hydrogens (tertiary/aromatic N) is 3. The van der Waals surface area contributed by atoms with E-state index in [2.05, 4.69) is 10.1 Å². The zero-order valence-electron chi connectivity index (χ0n) is 11.5. The van der Waals surface area contributed by atoms with Crippen molar-refractivity contribution in [3.8, 4) is 11.5 Å². The van der Waals surface area contributed by atoms with Crippen molar-refractivity contribution < 1.29 is 9.47 Å². The maximum Gasteiger partial charge on any atom is 0.162 e. The van der Waals surface area contributed by atoms with Crippen molar-refractivity contribution in [2.24, 2.45) is 0 Å². The maximum absolute atomic E-state index is 6.48. The van der Waals surface area contributed by atoms with Crippen LogP contribution in [0.15, 0.2) is 18.3 Å². The van der Waals surface area contributed by atoms with E-state index in [1.165, 1.54) is 0 Å². The Bertz CT molecular complexity index is 798. The summed E-state index contributed by atoms with van der Waals surface area (Å²) in [4.78, 5) is 4.63. The predicted octanol–water partition coefficient (Wildman–Crippen LogP) is 3.28. The molecule has 0 aliphatic rings. The Balaban J connectivity index is 2.41. The molecule has 0 aliphatic heterocycles. The van der Waals surface area contributed by atoms with E-state index in [4.69, 9.17) is 21.1 Å². The zero-order chi connectivity index (χ0) is 14.3. The Hall–Kier alpha value is -2.01. The Morgan fingerprint density at radius 3 is 2.50 bits per heavy atom. The van der Waals surface area contributed by atoms with Gasteiger partial charge >= 0.3 is 0 Å². The van der Waals surface area contributed by atoms with Gasteiger partial charge in [-0.1, -0.05) is 11.6 Å². The Kier molecular flexibility index (Phi) is 3.14. The van der Waals surface area contributed by atoms with E-state index >= 15 is 0 Å². The molecule has 0 aliphatic carbocycles. The summed E-state index contributed by atoms with van der Waals surface area (Å²) in [5.74, 6) is 1.26. The van der Waals surface area contributed by atoms with Crippen molar-refractivity contribution in [3.63, 3.8) is 0 Å². The number of aryl methyl sites for hydroxylation is 1. The first-order valence-electron chi connectivity index (χ1n) is 6.26. The number of hydrogen-bond acceptors (Lipinski definition) is 4. The summed E-state index contributed by atoms with van der Waals surface area (Å²) in [7, 11) is 3.19. The molecule has 0 radical (unpaired) electrons. The molecule has 1 aromatic carbocycles. The number of aromatic nitrogens is 3. The molecule has 20 heavy (non-hydrogen) atoms. The lowest BCUT2D eigenvalue weighted by Crippen LogP contribution is -1.98. The molecule has 0 amide bonds. The number of ether oxygens (including phenoxy) is 2. The highest BCUT2D eigenvalue weighted by Gasteiger charge is 2.15. The lowest BCUT2D eigenvalue weighted by Gasteiger charge is -2.10. The van der Waals surface area contributed by atoms with E-state index in [9.17, 15) is 0 Å². The van der Waals surface area contributed by atoms with Gasteiger partial charge in [0.25, 0.3) is 0 Å². The van der Waals surface area contributed by atoms with Crippen LogP contribution in [0.4, 0.5) is 0 Å². The molecule has 0 saturated carbocycles. The summed E-state index contributed by atoms with van der Waals surface area (Å²) in [5, 5.41) is 6.59. The van der Waals surface area contributed by atoms with Crippen LogP contribution in [0.1, 0.15) is 6.92 Å². The summed E-state index contributed by atoms with van der Waals surface area (Å²) >= 11 is 6.48. The molecule has 0 unspecified atom stereocenters. The van der Waals surface area contributed by atoms with Crippen LogP contribution < -0.4 is 9.47 Å². The van der Waals surface area contributed by atoms with Crippen LogP contribution in [0.25, 0.3) is 21.9 Å². The molecule has 2 aromatic heterocycles. The van der Waals surface area contributed by atoms with Gasteiger partial charge in [0.15, 0.2) is 17.1 Å². The van der Waals surface area contributed by atoms with Crippen molar-refractivity contribution in [1.29, 1.82) is 0 Å². The smallest absolute Gasteiger partial charge is 0.162 e. The van der Waals surface area contributed by atoms with Gasteiger partial charge in [-0.3, -0.25) is 0 Å². The number of benzene rings is 1. The number of pyridine rings is 1. The van der Waals surface area contributed by atoms with Crippen LogP contribution in [0.2, 0.25) is 5.02 Å². The van der Waals surface area contributed by atoms with Gasteiger partial charge in [-0.15, -0.1) is 0 Å². The third-order valence-corrected chi connectivity index (χ3v) is 3.72. The lowest BCUT2D eigenvalue weighted by molar-refractivity contribution is 0.356. The molecule has 5 nitrogen and oxygen atoms in total. The summed E-state index contributed by atoms with van der Waals surface area (Å²) in [5.41, 5.74) is 1.53. The summed E-state index contributed by atoms with van der Waals surface area (Å²) in [6, 6.07) is 3.67. The molecule has 0 spiro atoms. The molecule has 0 bridgehead atoms. The van der Waals surface area contributed by atoms with Crippen LogP contribution >= 0.6 is 11.6 Å². The summed E-state index contributed by atoms with van der Waals surface area (Å²) < 4.78 is 12.4. The highest BCUT2D eigenvalue weighted by molar-refractivity contribution is 6.40. The quantitative estimate of drug-likeness (QED) is 0.743. The number of methoxy groups -OCH3 is 2. The fourth-order valence-electron chi connectivity index (χ4n) is 2.28. The standard InChI is InChI=1S/C14H14ClN3O2/c1-4-18-14-9(7-16-18)13(15)8-5-11(19-2)12(20-3)6-10(8)17-14/h5-7H,4H2,1-3H3. The molecule has 104 valence electrons. The van der Waals surface area contributed by atoms with Crippen LogP contribution in [-0.2, 0) is 6.54 Å². The molecule has 0 atom stereocenters. The van der Waals surface area contributed by atoms with Gasteiger partial charge in [0.2, 0.25) is 0 Å². The fraction of sp³-hybridized carbons (Fsp3) is 0.286. The van der Waals surface area contributed by atoms with Crippen LogP contribution in [0.3, 0.4) is 0 Å². The molecule has 0 fully saturated rings. The van der Waals surface area contributed by atoms with Gasteiger partial charge in [0.1, 0.15) is 0 Å². The first-order valence-corrected chi connectivity index (χ1v) is 6.64. The largest absolute Gasteiger partial charge is 0.493 e. The van der Waals surface area contributed by atoms with E-state index < -0.39 is 0 Å². The van der Waals surface area contributed by atoms with Crippen LogP contribution in [0, 0.1) is 0 Å². The Morgan fingerprint density at radius 1 is 1.15 bits per heavy atom. The normalized spacial score (nSPS) is 11.2. The average molecular weight is 292 g/mol. The molecule has 3 aromatic rings. The number of hydrogen-bond donors (Lipinski definition) is 0. The molecular formula is C14H14ClN3O2. The topological polar surface area (TPSA) is 49.2 Å². The van der Waals surface area contributed by atoms with Crippen molar-refractivity contribution in [2.75, 3.05) is 14.2 Å². The number of halogens is 1. The molecule has 6 heteroatoms. The number of fused-ring (bicyclic) bond motifs is 2. The fourth-order valence-corrected chi connectivity index (χ4v) is 2.56. The highest BCUT2D eigenvalue weighted by Crippen LogP contribution is 2.37. The van der Waals surface area contributed by atoms with Crippen LogP contribution in [-0.4, -0.2) is 29.0 Å². The predicted molar refractivity (Wildman–Crippen MR) is 78.8 cm³/mol. The van der Waals surface area contributed by atoms with Crippen molar-refractivity contribution in [1.82, 2.24) is 14.8 Å². The minimum atomic E-state index is 0.630. The SMILES string of the molecule is CCn1ncc2c(Cl)c3cc(OC)c(OC)cc3nc21. The first-order chi connectivity index (χ1) is 9.69. The summed E-state index contributed by atoms with van der Waals surface area (Å²) in [6.07, 6.45) is 1.74. The third kappa shape index (κ3) is 1.78. The zero-order valence-corrected chi connectivity index (χ0v) is 12.2. The van der Waals surface area contributed by atoms with Gasteiger partial charge in [0, 0.05) is 18.0 Å². The van der Waals surface area contributed by atoms with E-state index in [1.54, 1.807) is 20.4 Å². The summed E-state index contributed by atoms with van der Waals surface area (Å²) in [6.45, 7) is 2.76. The van der Waals surface area contributed by atoms with Crippen molar-refractivity contribution in [3.05, 3.63) is 23.4 Å². The minimum Gasteiger partial charge on any atom is -0.493 e. The van der Waals surface area contributed by atoms with Gasteiger partial charge in [-0.25, -0.2) is 9.67 Å². The maximum atomic E-state index is 6.48. The first kappa shape index (κ1) is 13.0. The van der Waals surface area contributed by atoms with Crippen molar-refractivity contribution >= 4 is 33.5 Å². The van der Waals surface area contributed by atoms with E-state index in [0.717, 1.165) is 28.5 Å². The molecular weight excluding hydrogens is 278 g/mol. The van der Waals surface area contributed by atoms with Crippen molar-refractivity contribution in [2.45, 2.75) is 13.5 Å². The number of rotatable bonds is 3. The second-order valence-electron chi connectivity index (χ2n) is 4.35. The van der Waals surface area contributed by atoms with Gasteiger partial charge in [-0.2, -0.15) is 5.10 Å². The Morgan fingerprint density at radius 2 is 1.85 bits per heavy atom. The van der Waals surface area contributed by atoms with E-state index in [0.29, 0.717) is 16.5 Å². The second kappa shape index (κ2) is 4.83. The van der Waals surface area contributed by atoms with E-state index in [1.807, 2.05) is 23.7 Å². The average Bonchev–Trinajstić information content (AvgIpc) is 2.89. The van der Waals surface area contributed by atoms with Crippen LogP contribution in [0.5, 0.6) is 11.5 Å². The van der Waals surface area contributed by atoms with Gasteiger partial charge < -0.3 is 9.47 Å². The second-order valence-corrected chi connectivity index (χ2v) is 4.73. The monoisotopic (exact) mass is 291 g/mol. The molecule has 2 heterocycles. The molecule has 3 rings (SSSR count). The highest BCUT2D eigenvalue weighted by atomic mass is 35.5. The van der Waals surface area contributed by atoms with Gasteiger partial charge in [0.05, 0.1) is 36.3 Å². The lowest BCUT2D eigenvalue weighted by atomic mass is 10.1. The van der Waals surface area contributed by atoms with E-state index in [-0.39, 0.29) is 0 Å². The molecule has 0 N–H and O–H groups in total. The molecule has 0 saturated heterocycles. The van der Waals surface area contributed by atoms with Gasteiger partial charge in [-0.05, 0) is 13.0 Å².